The summed E-state index contributed by atoms with van der Waals surface area (Å²) in [6.07, 6.45) is 3.80. The van der Waals surface area contributed by atoms with E-state index in [2.05, 4.69) is 15.1 Å². The maximum absolute atomic E-state index is 6.13. The van der Waals surface area contributed by atoms with Crippen LogP contribution in [0.4, 0.5) is 5.82 Å². The SMILES string of the molecule is Cc1nc(Cl)c(N(C)Cc2cnn(C)c2)nc1C. The molecule has 5 nitrogen and oxygen atoms in total. The smallest absolute Gasteiger partial charge is 0.171 e. The molecule has 0 unspecified atom stereocenters. The molecular weight excluding hydrogens is 250 g/mol. The summed E-state index contributed by atoms with van der Waals surface area (Å²) in [5.41, 5.74) is 2.86. The Hall–Kier alpha value is -1.62. The fraction of sp³-hybridized carbons (Fsp3) is 0.417. The van der Waals surface area contributed by atoms with Gasteiger partial charge in [-0.25, -0.2) is 9.97 Å². The zero-order valence-corrected chi connectivity index (χ0v) is 11.7. The Kier molecular flexibility index (Phi) is 3.52. The minimum atomic E-state index is 0.435. The molecule has 18 heavy (non-hydrogen) atoms. The molecule has 0 fully saturated rings. The molecular formula is C12H16ClN5. The lowest BCUT2D eigenvalue weighted by Gasteiger charge is -2.19. The topological polar surface area (TPSA) is 46.8 Å². The monoisotopic (exact) mass is 265 g/mol. The van der Waals surface area contributed by atoms with Crippen molar-refractivity contribution in [2.45, 2.75) is 20.4 Å². The molecule has 0 bridgehead atoms. The van der Waals surface area contributed by atoms with Crippen LogP contribution in [-0.2, 0) is 13.6 Å². The lowest BCUT2D eigenvalue weighted by atomic mass is 10.3. The van der Waals surface area contributed by atoms with Crippen molar-refractivity contribution < 1.29 is 0 Å². The average Bonchev–Trinajstić information content (AvgIpc) is 2.69. The predicted molar refractivity (Wildman–Crippen MR) is 71.8 cm³/mol. The lowest BCUT2D eigenvalue weighted by Crippen LogP contribution is -2.19. The van der Waals surface area contributed by atoms with Crippen molar-refractivity contribution >= 4 is 17.4 Å². The molecule has 2 rings (SSSR count). The van der Waals surface area contributed by atoms with Crippen molar-refractivity contribution in [2.24, 2.45) is 7.05 Å². The van der Waals surface area contributed by atoms with Gasteiger partial charge in [-0.05, 0) is 13.8 Å². The number of halogens is 1. The van der Waals surface area contributed by atoms with E-state index in [1.165, 1.54) is 0 Å². The number of hydrogen-bond donors (Lipinski definition) is 0. The first kappa shape index (κ1) is 12.8. The van der Waals surface area contributed by atoms with E-state index < -0.39 is 0 Å². The van der Waals surface area contributed by atoms with Crippen molar-refractivity contribution in [1.82, 2.24) is 19.7 Å². The number of anilines is 1. The van der Waals surface area contributed by atoms with Gasteiger partial charge in [-0.2, -0.15) is 5.10 Å². The van der Waals surface area contributed by atoms with E-state index in [4.69, 9.17) is 11.6 Å². The first-order valence-electron chi connectivity index (χ1n) is 5.66. The van der Waals surface area contributed by atoms with Gasteiger partial charge in [-0.15, -0.1) is 0 Å². The summed E-state index contributed by atoms with van der Waals surface area (Å²) in [5.74, 6) is 0.698. The Morgan fingerprint density at radius 3 is 2.56 bits per heavy atom. The zero-order chi connectivity index (χ0) is 13.3. The Morgan fingerprint density at radius 1 is 1.28 bits per heavy atom. The van der Waals surface area contributed by atoms with Gasteiger partial charge in [-0.1, -0.05) is 11.6 Å². The van der Waals surface area contributed by atoms with Crippen LogP contribution in [0.25, 0.3) is 0 Å². The fourth-order valence-corrected chi connectivity index (χ4v) is 2.02. The summed E-state index contributed by atoms with van der Waals surface area (Å²) in [5, 5.41) is 4.57. The second-order valence-electron chi connectivity index (χ2n) is 4.39. The Balaban J connectivity index is 2.23. The van der Waals surface area contributed by atoms with Gasteiger partial charge in [0.2, 0.25) is 0 Å². The maximum Gasteiger partial charge on any atom is 0.171 e. The standard InChI is InChI=1S/C12H16ClN5/c1-8-9(2)16-12(11(13)15-8)17(3)6-10-5-14-18(4)7-10/h5,7H,6H2,1-4H3. The highest BCUT2D eigenvalue weighted by molar-refractivity contribution is 6.31. The van der Waals surface area contributed by atoms with Gasteiger partial charge >= 0.3 is 0 Å². The summed E-state index contributed by atoms with van der Waals surface area (Å²) in [6, 6.07) is 0. The molecule has 0 aliphatic heterocycles. The number of hydrogen-bond acceptors (Lipinski definition) is 4. The van der Waals surface area contributed by atoms with E-state index in [-0.39, 0.29) is 0 Å². The quantitative estimate of drug-likeness (QED) is 0.853. The van der Waals surface area contributed by atoms with Crippen molar-refractivity contribution in [1.29, 1.82) is 0 Å². The van der Waals surface area contributed by atoms with Gasteiger partial charge in [-0.3, -0.25) is 4.68 Å². The first-order valence-corrected chi connectivity index (χ1v) is 6.04. The number of aromatic nitrogens is 4. The van der Waals surface area contributed by atoms with Gasteiger partial charge in [0.1, 0.15) is 0 Å². The molecule has 2 heterocycles. The van der Waals surface area contributed by atoms with Gasteiger partial charge in [0.05, 0.1) is 17.6 Å². The van der Waals surface area contributed by atoms with E-state index >= 15 is 0 Å². The minimum absolute atomic E-state index is 0.435. The largest absolute Gasteiger partial charge is 0.353 e. The van der Waals surface area contributed by atoms with Gasteiger partial charge in [0.25, 0.3) is 0 Å². The highest BCUT2D eigenvalue weighted by Crippen LogP contribution is 2.22. The third-order valence-electron chi connectivity index (χ3n) is 2.79. The molecule has 0 saturated carbocycles. The molecule has 0 aliphatic carbocycles. The number of rotatable bonds is 3. The molecule has 0 radical (unpaired) electrons. The number of aryl methyl sites for hydroxylation is 3. The van der Waals surface area contributed by atoms with Gasteiger partial charge in [0.15, 0.2) is 11.0 Å². The van der Waals surface area contributed by atoms with Crippen molar-refractivity contribution in [2.75, 3.05) is 11.9 Å². The Morgan fingerprint density at radius 2 is 1.94 bits per heavy atom. The Labute approximate surface area is 111 Å². The van der Waals surface area contributed by atoms with E-state index in [1.807, 2.05) is 45.2 Å². The third-order valence-corrected chi connectivity index (χ3v) is 3.04. The summed E-state index contributed by atoms with van der Waals surface area (Å²) < 4.78 is 1.77. The van der Waals surface area contributed by atoms with Crippen LogP contribution in [-0.4, -0.2) is 26.8 Å². The highest BCUT2D eigenvalue weighted by atomic mass is 35.5. The van der Waals surface area contributed by atoms with Crippen LogP contribution in [0.15, 0.2) is 12.4 Å². The fourth-order valence-electron chi connectivity index (χ4n) is 1.71. The van der Waals surface area contributed by atoms with Crippen LogP contribution in [0.1, 0.15) is 17.0 Å². The van der Waals surface area contributed by atoms with E-state index in [1.54, 1.807) is 4.68 Å². The van der Waals surface area contributed by atoms with Crippen LogP contribution < -0.4 is 4.90 Å². The molecule has 0 atom stereocenters. The molecule has 0 amide bonds. The Bertz CT molecular complexity index is 564. The lowest BCUT2D eigenvalue weighted by molar-refractivity contribution is 0.766. The third kappa shape index (κ3) is 2.61. The first-order chi connectivity index (χ1) is 8.47. The summed E-state index contributed by atoms with van der Waals surface area (Å²) in [7, 11) is 3.84. The zero-order valence-electron chi connectivity index (χ0n) is 11.0. The summed E-state index contributed by atoms with van der Waals surface area (Å²) in [6.45, 7) is 4.53. The van der Waals surface area contributed by atoms with Crippen LogP contribution in [0.2, 0.25) is 5.15 Å². The predicted octanol–water partition coefficient (Wildman–Crippen LogP) is 2.12. The normalized spacial score (nSPS) is 10.7. The van der Waals surface area contributed by atoms with Crippen LogP contribution in [0, 0.1) is 13.8 Å². The van der Waals surface area contributed by atoms with Crippen LogP contribution >= 0.6 is 11.6 Å². The summed E-state index contributed by atoms with van der Waals surface area (Å²) in [4.78, 5) is 10.7. The van der Waals surface area contributed by atoms with E-state index in [0.29, 0.717) is 17.5 Å². The molecule has 2 aromatic heterocycles. The molecule has 2 aromatic rings. The molecule has 0 spiro atoms. The van der Waals surface area contributed by atoms with Crippen LogP contribution in [0.5, 0.6) is 0 Å². The molecule has 0 N–H and O–H groups in total. The van der Waals surface area contributed by atoms with Gasteiger partial charge in [0, 0.05) is 32.4 Å². The maximum atomic E-state index is 6.13. The van der Waals surface area contributed by atoms with E-state index in [0.717, 1.165) is 17.0 Å². The molecule has 6 heteroatoms. The summed E-state index contributed by atoms with van der Waals surface area (Å²) >= 11 is 6.13. The molecule has 96 valence electrons. The van der Waals surface area contributed by atoms with Crippen molar-refractivity contribution in [3.8, 4) is 0 Å². The van der Waals surface area contributed by atoms with Gasteiger partial charge < -0.3 is 4.90 Å². The van der Waals surface area contributed by atoms with Crippen molar-refractivity contribution in [3.63, 3.8) is 0 Å². The molecule has 0 saturated heterocycles. The van der Waals surface area contributed by atoms with E-state index in [9.17, 15) is 0 Å². The second-order valence-corrected chi connectivity index (χ2v) is 4.75. The minimum Gasteiger partial charge on any atom is -0.353 e. The molecule has 0 aliphatic rings. The number of nitrogens with zero attached hydrogens (tertiary/aromatic N) is 5. The molecule has 0 aromatic carbocycles. The highest BCUT2D eigenvalue weighted by Gasteiger charge is 2.12. The van der Waals surface area contributed by atoms with Crippen molar-refractivity contribution in [3.05, 3.63) is 34.5 Å². The average molecular weight is 266 g/mol. The van der Waals surface area contributed by atoms with Crippen LogP contribution in [0.3, 0.4) is 0 Å². The second kappa shape index (κ2) is 4.94.